The predicted octanol–water partition coefficient (Wildman–Crippen LogP) is 4.16. The maximum atomic E-state index is 4.21. The molecule has 0 aromatic rings. The molecule has 0 saturated carbocycles. The zero-order chi connectivity index (χ0) is 9.33. The Labute approximate surface area is 78.2 Å². The van der Waals surface area contributed by atoms with Gasteiger partial charge in [0.15, 0.2) is 0 Å². The molecule has 0 fully saturated rings. The van der Waals surface area contributed by atoms with E-state index in [4.69, 9.17) is 0 Å². The summed E-state index contributed by atoms with van der Waals surface area (Å²) in [4.78, 5) is 0. The van der Waals surface area contributed by atoms with Gasteiger partial charge in [-0.25, -0.2) is 0 Å². The molecule has 0 aromatic carbocycles. The molecule has 0 aliphatic carbocycles. The molecule has 0 nitrogen and oxygen atoms in total. The smallest absolute Gasteiger partial charge is 0.00928 e. The second-order valence-corrected chi connectivity index (χ2v) is 3.84. The van der Waals surface area contributed by atoms with Gasteiger partial charge in [0.2, 0.25) is 0 Å². The summed E-state index contributed by atoms with van der Waals surface area (Å²) in [5, 5.41) is 0. The van der Waals surface area contributed by atoms with Gasteiger partial charge in [0.25, 0.3) is 0 Å². The Morgan fingerprint density at radius 2 is 1.55 bits per heavy atom. The molecule has 0 radical (unpaired) electrons. The molecular formula is C10H24S. The highest BCUT2D eigenvalue weighted by Crippen LogP contribution is 2.26. The summed E-state index contributed by atoms with van der Waals surface area (Å²) in [6.45, 7) is 10.9. The van der Waals surface area contributed by atoms with Gasteiger partial charge < -0.3 is 0 Å². The van der Waals surface area contributed by atoms with E-state index in [1.807, 2.05) is 13.8 Å². The normalized spacial score (nSPS) is 10.4. The van der Waals surface area contributed by atoms with E-state index in [1.54, 1.807) is 0 Å². The van der Waals surface area contributed by atoms with Gasteiger partial charge in [-0.2, -0.15) is 12.6 Å². The SMILES string of the molecule is CC.CCCC(C)(C)CCS. The molecule has 0 saturated heterocycles. The first-order chi connectivity index (χ1) is 5.12. The van der Waals surface area contributed by atoms with E-state index in [1.165, 1.54) is 19.3 Å². The molecule has 0 amide bonds. The summed E-state index contributed by atoms with van der Waals surface area (Å²) in [5.74, 6) is 1.02. The molecule has 1 heteroatoms. The van der Waals surface area contributed by atoms with E-state index in [0.717, 1.165) is 5.75 Å². The zero-order valence-electron chi connectivity index (χ0n) is 8.78. The van der Waals surface area contributed by atoms with E-state index in [0.29, 0.717) is 5.41 Å². The lowest BCUT2D eigenvalue weighted by Crippen LogP contribution is -2.10. The summed E-state index contributed by atoms with van der Waals surface area (Å²) < 4.78 is 0. The Morgan fingerprint density at radius 1 is 1.09 bits per heavy atom. The highest BCUT2D eigenvalue weighted by Gasteiger charge is 2.14. The quantitative estimate of drug-likeness (QED) is 0.611. The minimum absolute atomic E-state index is 0.524. The maximum Gasteiger partial charge on any atom is -0.00928 e. The third kappa shape index (κ3) is 10.4. The zero-order valence-corrected chi connectivity index (χ0v) is 9.67. The molecule has 0 unspecified atom stereocenters. The highest BCUT2D eigenvalue weighted by molar-refractivity contribution is 7.80. The lowest BCUT2D eigenvalue weighted by atomic mass is 9.85. The molecule has 0 spiro atoms. The standard InChI is InChI=1S/C8H18S.C2H6/c1-4-5-8(2,3)6-7-9;1-2/h9H,4-7H2,1-3H3;1-2H3. The van der Waals surface area contributed by atoms with Crippen LogP contribution in [-0.4, -0.2) is 5.75 Å². The van der Waals surface area contributed by atoms with E-state index in [2.05, 4.69) is 33.4 Å². The van der Waals surface area contributed by atoms with Gasteiger partial charge in [0.05, 0.1) is 0 Å². The van der Waals surface area contributed by atoms with Crippen LogP contribution in [0.15, 0.2) is 0 Å². The predicted molar refractivity (Wildman–Crippen MR) is 58.5 cm³/mol. The fraction of sp³-hybridized carbons (Fsp3) is 1.00. The third-order valence-corrected chi connectivity index (χ3v) is 1.94. The van der Waals surface area contributed by atoms with Gasteiger partial charge in [-0.05, 0) is 24.0 Å². The third-order valence-electron chi connectivity index (χ3n) is 1.72. The molecule has 0 rings (SSSR count). The summed E-state index contributed by atoms with van der Waals surface area (Å²) in [6.07, 6.45) is 3.86. The summed E-state index contributed by atoms with van der Waals surface area (Å²) in [6, 6.07) is 0. The van der Waals surface area contributed by atoms with Crippen molar-refractivity contribution in [3.63, 3.8) is 0 Å². The molecule has 0 bridgehead atoms. The van der Waals surface area contributed by atoms with Crippen molar-refractivity contribution in [2.24, 2.45) is 5.41 Å². The first-order valence-corrected chi connectivity index (χ1v) is 5.36. The van der Waals surface area contributed by atoms with Crippen molar-refractivity contribution in [3.05, 3.63) is 0 Å². The van der Waals surface area contributed by atoms with Crippen LogP contribution in [0.3, 0.4) is 0 Å². The summed E-state index contributed by atoms with van der Waals surface area (Å²) in [5.41, 5.74) is 0.524. The van der Waals surface area contributed by atoms with Crippen molar-refractivity contribution in [2.45, 2.75) is 53.9 Å². The van der Waals surface area contributed by atoms with Crippen molar-refractivity contribution in [2.75, 3.05) is 5.75 Å². The van der Waals surface area contributed by atoms with Gasteiger partial charge in [-0.3, -0.25) is 0 Å². The topological polar surface area (TPSA) is 0 Å². The molecule has 0 aromatic heterocycles. The highest BCUT2D eigenvalue weighted by atomic mass is 32.1. The first-order valence-electron chi connectivity index (χ1n) is 4.73. The lowest BCUT2D eigenvalue weighted by molar-refractivity contribution is 0.322. The van der Waals surface area contributed by atoms with E-state index in [-0.39, 0.29) is 0 Å². The van der Waals surface area contributed by atoms with Gasteiger partial charge in [-0.1, -0.05) is 41.0 Å². The van der Waals surface area contributed by atoms with Crippen LogP contribution in [0.5, 0.6) is 0 Å². The Kier molecular flexibility index (Phi) is 10.7. The Bertz CT molecular complexity index is 59.3. The Morgan fingerprint density at radius 3 is 1.82 bits per heavy atom. The summed E-state index contributed by atoms with van der Waals surface area (Å²) >= 11 is 4.21. The second-order valence-electron chi connectivity index (χ2n) is 3.39. The fourth-order valence-corrected chi connectivity index (χ4v) is 1.71. The Balaban J connectivity index is 0. The van der Waals surface area contributed by atoms with Crippen LogP contribution in [0.4, 0.5) is 0 Å². The van der Waals surface area contributed by atoms with Crippen molar-refractivity contribution in [1.29, 1.82) is 0 Å². The van der Waals surface area contributed by atoms with Crippen LogP contribution >= 0.6 is 12.6 Å². The average Bonchev–Trinajstić information content (AvgIpc) is 1.91. The van der Waals surface area contributed by atoms with Crippen LogP contribution in [0.2, 0.25) is 0 Å². The van der Waals surface area contributed by atoms with Crippen LogP contribution in [0.1, 0.15) is 53.9 Å². The minimum atomic E-state index is 0.524. The van der Waals surface area contributed by atoms with E-state index >= 15 is 0 Å². The second kappa shape index (κ2) is 8.45. The van der Waals surface area contributed by atoms with Crippen molar-refractivity contribution in [1.82, 2.24) is 0 Å². The monoisotopic (exact) mass is 176 g/mol. The lowest BCUT2D eigenvalue weighted by Gasteiger charge is -2.22. The van der Waals surface area contributed by atoms with Crippen LogP contribution < -0.4 is 0 Å². The first kappa shape index (κ1) is 13.9. The van der Waals surface area contributed by atoms with E-state index < -0.39 is 0 Å². The maximum absolute atomic E-state index is 4.21. The molecule has 0 aliphatic heterocycles. The Hall–Kier alpha value is 0.350. The number of rotatable bonds is 4. The molecule has 0 atom stereocenters. The molecule has 0 N–H and O–H groups in total. The van der Waals surface area contributed by atoms with Crippen molar-refractivity contribution >= 4 is 12.6 Å². The molecule has 0 heterocycles. The molecule has 0 aliphatic rings. The van der Waals surface area contributed by atoms with Gasteiger partial charge in [0, 0.05) is 0 Å². The largest absolute Gasteiger partial charge is 0.179 e. The molecule has 70 valence electrons. The van der Waals surface area contributed by atoms with Gasteiger partial charge in [0.1, 0.15) is 0 Å². The van der Waals surface area contributed by atoms with Crippen LogP contribution in [-0.2, 0) is 0 Å². The van der Waals surface area contributed by atoms with Crippen LogP contribution in [0, 0.1) is 5.41 Å². The molecular weight excluding hydrogens is 152 g/mol. The van der Waals surface area contributed by atoms with Gasteiger partial charge in [-0.15, -0.1) is 0 Å². The van der Waals surface area contributed by atoms with Crippen molar-refractivity contribution < 1.29 is 0 Å². The van der Waals surface area contributed by atoms with Crippen LogP contribution in [0.25, 0.3) is 0 Å². The average molecular weight is 176 g/mol. The van der Waals surface area contributed by atoms with E-state index in [9.17, 15) is 0 Å². The summed E-state index contributed by atoms with van der Waals surface area (Å²) in [7, 11) is 0. The number of hydrogen-bond donors (Lipinski definition) is 1. The number of thiol groups is 1. The fourth-order valence-electron chi connectivity index (χ4n) is 1.10. The minimum Gasteiger partial charge on any atom is -0.179 e. The molecule has 11 heavy (non-hydrogen) atoms. The number of hydrogen-bond acceptors (Lipinski definition) is 1. The van der Waals surface area contributed by atoms with Crippen molar-refractivity contribution in [3.8, 4) is 0 Å². The van der Waals surface area contributed by atoms with Gasteiger partial charge >= 0.3 is 0 Å².